The van der Waals surface area contributed by atoms with Gasteiger partial charge in [0.05, 0.1) is 17.9 Å². The van der Waals surface area contributed by atoms with E-state index in [1.807, 2.05) is 0 Å². The highest BCUT2D eigenvalue weighted by Gasteiger charge is 2.35. The van der Waals surface area contributed by atoms with E-state index in [-0.39, 0.29) is 17.6 Å². The number of benzene rings is 2. The average Bonchev–Trinajstić information content (AvgIpc) is 3.44. The van der Waals surface area contributed by atoms with Crippen molar-refractivity contribution in [1.82, 2.24) is 4.90 Å². The summed E-state index contributed by atoms with van der Waals surface area (Å²) in [5.74, 6) is 0.884. The molecule has 1 N–H and O–H groups in total. The number of nitrogens with one attached hydrogen (secondary N) is 1. The second-order valence-electron chi connectivity index (χ2n) is 6.65. The van der Waals surface area contributed by atoms with Crippen LogP contribution in [-0.2, 0) is 4.79 Å². The molecule has 0 aliphatic carbocycles. The van der Waals surface area contributed by atoms with E-state index in [0.29, 0.717) is 38.4 Å². The van der Waals surface area contributed by atoms with Gasteiger partial charge in [0, 0.05) is 21.9 Å². The molecular formula is C22H19FN2O3S2. The third-order valence-corrected chi connectivity index (χ3v) is 6.88. The molecule has 4 rings (SSSR count). The number of thiophene rings is 1. The van der Waals surface area contributed by atoms with Gasteiger partial charge in [0.2, 0.25) is 5.91 Å². The van der Waals surface area contributed by atoms with Crippen LogP contribution >= 0.6 is 23.1 Å². The Bertz CT molecular complexity index is 1070. The number of amides is 2. The minimum Gasteiger partial charge on any atom is -0.497 e. The number of carbonyl (C=O) groups excluding carboxylic acids is 2. The number of hydrogen-bond donors (Lipinski definition) is 1. The second-order valence-corrected chi connectivity index (χ2v) is 8.74. The Morgan fingerprint density at radius 1 is 1.10 bits per heavy atom. The van der Waals surface area contributed by atoms with Gasteiger partial charge in [0.15, 0.2) is 0 Å². The van der Waals surface area contributed by atoms with Crippen molar-refractivity contribution in [1.29, 1.82) is 0 Å². The van der Waals surface area contributed by atoms with E-state index in [1.165, 1.54) is 29.2 Å². The number of rotatable bonds is 5. The quantitative estimate of drug-likeness (QED) is 0.621. The molecule has 0 spiro atoms. The lowest BCUT2D eigenvalue weighted by molar-refractivity contribution is -0.119. The standard InChI is InChI=1S/C22H19FN2O3S2/c1-28-15-8-6-14(7-9-15)24-21(26)18-12-29-13-25(18)22(27)20-11-10-19(30-20)16-4-2-3-5-17(16)23/h2-11,18H,12-13H2,1H3,(H,24,26). The Hall–Kier alpha value is -2.84. The van der Waals surface area contributed by atoms with E-state index in [1.54, 1.807) is 66.6 Å². The fraction of sp³-hybridized carbons (Fsp3) is 0.182. The maximum atomic E-state index is 14.1. The summed E-state index contributed by atoms with van der Waals surface area (Å²) in [5, 5.41) is 2.86. The Morgan fingerprint density at radius 3 is 2.60 bits per heavy atom. The van der Waals surface area contributed by atoms with Crippen LogP contribution in [0.3, 0.4) is 0 Å². The molecule has 0 radical (unpaired) electrons. The van der Waals surface area contributed by atoms with Crippen molar-refractivity contribution in [2.75, 3.05) is 24.1 Å². The number of carbonyl (C=O) groups is 2. The van der Waals surface area contributed by atoms with Gasteiger partial charge in [-0.3, -0.25) is 9.59 Å². The summed E-state index contributed by atoms with van der Waals surface area (Å²) in [5.41, 5.74) is 1.11. The van der Waals surface area contributed by atoms with Gasteiger partial charge in [-0.05, 0) is 42.5 Å². The lowest BCUT2D eigenvalue weighted by Crippen LogP contribution is -2.44. The molecular weight excluding hydrogens is 423 g/mol. The summed E-state index contributed by atoms with van der Waals surface area (Å²) in [6.45, 7) is 0. The molecule has 0 saturated carbocycles. The van der Waals surface area contributed by atoms with Crippen molar-refractivity contribution >= 4 is 40.6 Å². The predicted octanol–water partition coefficient (Wildman–Crippen LogP) is 4.72. The van der Waals surface area contributed by atoms with Crippen LogP contribution < -0.4 is 10.1 Å². The van der Waals surface area contributed by atoms with Crippen LogP contribution in [0.15, 0.2) is 60.7 Å². The summed E-state index contributed by atoms with van der Waals surface area (Å²) in [7, 11) is 1.58. The highest BCUT2D eigenvalue weighted by atomic mass is 32.2. The second kappa shape index (κ2) is 8.89. The zero-order valence-electron chi connectivity index (χ0n) is 16.1. The zero-order valence-corrected chi connectivity index (χ0v) is 17.8. The number of thioether (sulfide) groups is 1. The lowest BCUT2D eigenvalue weighted by Gasteiger charge is -2.22. The summed E-state index contributed by atoms with van der Waals surface area (Å²) in [4.78, 5) is 28.6. The molecule has 30 heavy (non-hydrogen) atoms. The van der Waals surface area contributed by atoms with Crippen molar-refractivity contribution in [2.45, 2.75) is 6.04 Å². The van der Waals surface area contributed by atoms with E-state index < -0.39 is 6.04 Å². The summed E-state index contributed by atoms with van der Waals surface area (Å²) < 4.78 is 19.2. The molecule has 1 saturated heterocycles. The molecule has 2 amide bonds. The average molecular weight is 443 g/mol. The number of anilines is 1. The third-order valence-electron chi connectivity index (χ3n) is 4.76. The monoisotopic (exact) mass is 442 g/mol. The van der Waals surface area contributed by atoms with Crippen LogP contribution in [0, 0.1) is 5.82 Å². The van der Waals surface area contributed by atoms with E-state index >= 15 is 0 Å². The first-order chi connectivity index (χ1) is 14.6. The number of hydrogen-bond acceptors (Lipinski definition) is 5. The van der Waals surface area contributed by atoms with Crippen molar-refractivity contribution in [2.24, 2.45) is 0 Å². The molecule has 5 nitrogen and oxygen atoms in total. The van der Waals surface area contributed by atoms with Gasteiger partial charge in [0.25, 0.3) is 5.91 Å². The fourth-order valence-electron chi connectivity index (χ4n) is 3.16. The summed E-state index contributed by atoms with van der Waals surface area (Å²) >= 11 is 2.76. The Morgan fingerprint density at radius 2 is 1.87 bits per heavy atom. The molecule has 154 valence electrons. The Labute approximate surface area is 181 Å². The van der Waals surface area contributed by atoms with Gasteiger partial charge in [0.1, 0.15) is 17.6 Å². The molecule has 8 heteroatoms. The molecule has 1 unspecified atom stereocenters. The largest absolute Gasteiger partial charge is 0.497 e. The topological polar surface area (TPSA) is 58.6 Å². The fourth-order valence-corrected chi connectivity index (χ4v) is 5.30. The minimum absolute atomic E-state index is 0.220. The molecule has 0 bridgehead atoms. The molecule has 2 aromatic carbocycles. The van der Waals surface area contributed by atoms with E-state index in [2.05, 4.69) is 5.32 Å². The summed E-state index contributed by atoms with van der Waals surface area (Å²) in [6, 6.07) is 16.4. The van der Waals surface area contributed by atoms with E-state index in [4.69, 9.17) is 4.74 Å². The molecule has 1 atom stereocenters. The first-order valence-corrected chi connectivity index (χ1v) is 11.2. The van der Waals surface area contributed by atoms with Gasteiger partial charge < -0.3 is 15.0 Å². The first-order valence-electron chi connectivity index (χ1n) is 9.25. The van der Waals surface area contributed by atoms with E-state index in [9.17, 15) is 14.0 Å². The SMILES string of the molecule is COc1ccc(NC(=O)C2CSCN2C(=O)c2ccc(-c3ccccc3F)s2)cc1. The molecule has 1 fully saturated rings. The Kier molecular flexibility index (Phi) is 6.06. The number of halogens is 1. The predicted molar refractivity (Wildman–Crippen MR) is 119 cm³/mol. The lowest BCUT2D eigenvalue weighted by atomic mass is 10.2. The van der Waals surface area contributed by atoms with Crippen LogP contribution in [0.1, 0.15) is 9.67 Å². The first kappa shape index (κ1) is 20.4. The van der Waals surface area contributed by atoms with Crippen LogP contribution in [0.5, 0.6) is 5.75 Å². The van der Waals surface area contributed by atoms with Crippen molar-refractivity contribution < 1.29 is 18.7 Å². The van der Waals surface area contributed by atoms with Crippen molar-refractivity contribution in [3.05, 3.63) is 71.4 Å². The molecule has 2 heterocycles. The van der Waals surface area contributed by atoms with Crippen molar-refractivity contribution in [3.8, 4) is 16.2 Å². The smallest absolute Gasteiger partial charge is 0.265 e. The molecule has 1 aliphatic rings. The molecule has 1 aliphatic heterocycles. The van der Waals surface area contributed by atoms with Gasteiger partial charge in [-0.2, -0.15) is 0 Å². The van der Waals surface area contributed by atoms with Crippen LogP contribution in [0.25, 0.3) is 10.4 Å². The van der Waals surface area contributed by atoms with Crippen LogP contribution in [0.4, 0.5) is 10.1 Å². The Balaban J connectivity index is 1.48. The normalized spacial score (nSPS) is 15.8. The van der Waals surface area contributed by atoms with Gasteiger partial charge in [-0.25, -0.2) is 4.39 Å². The van der Waals surface area contributed by atoms with Gasteiger partial charge in [-0.1, -0.05) is 18.2 Å². The maximum absolute atomic E-state index is 14.1. The zero-order chi connectivity index (χ0) is 21.1. The van der Waals surface area contributed by atoms with Crippen LogP contribution in [-0.4, -0.2) is 41.5 Å². The molecule has 3 aromatic rings. The van der Waals surface area contributed by atoms with Gasteiger partial charge >= 0.3 is 0 Å². The van der Waals surface area contributed by atoms with Gasteiger partial charge in [-0.15, -0.1) is 23.1 Å². The molecule has 1 aromatic heterocycles. The number of nitrogens with zero attached hydrogens (tertiary/aromatic N) is 1. The minimum atomic E-state index is -0.566. The number of ether oxygens (including phenoxy) is 1. The number of methoxy groups -OCH3 is 1. The van der Waals surface area contributed by atoms with E-state index in [0.717, 1.165) is 0 Å². The van der Waals surface area contributed by atoms with Crippen molar-refractivity contribution in [3.63, 3.8) is 0 Å². The third kappa shape index (κ3) is 4.20. The highest BCUT2D eigenvalue weighted by molar-refractivity contribution is 7.99. The van der Waals surface area contributed by atoms with Crippen LogP contribution in [0.2, 0.25) is 0 Å². The summed E-state index contributed by atoms with van der Waals surface area (Å²) in [6.07, 6.45) is 0. The maximum Gasteiger partial charge on any atom is 0.265 e. The highest BCUT2D eigenvalue weighted by Crippen LogP contribution is 2.32.